The summed E-state index contributed by atoms with van der Waals surface area (Å²) in [5.74, 6) is 0.691. The highest BCUT2D eigenvalue weighted by molar-refractivity contribution is 6.33. The van der Waals surface area contributed by atoms with E-state index < -0.39 is 0 Å². The first-order valence-electron chi connectivity index (χ1n) is 9.01. The van der Waals surface area contributed by atoms with E-state index in [-0.39, 0.29) is 5.91 Å². The molecule has 1 aromatic heterocycles. The maximum absolute atomic E-state index is 12.3. The van der Waals surface area contributed by atoms with E-state index in [2.05, 4.69) is 20.1 Å². The van der Waals surface area contributed by atoms with Gasteiger partial charge in [0.15, 0.2) is 5.58 Å². The van der Waals surface area contributed by atoms with Gasteiger partial charge in [-0.05, 0) is 24.3 Å². The smallest absolute Gasteiger partial charge is 0.238 e. The van der Waals surface area contributed by atoms with Crippen LogP contribution in [0.3, 0.4) is 0 Å². The number of rotatable bonds is 5. The van der Waals surface area contributed by atoms with E-state index in [0.717, 1.165) is 43.2 Å². The topological polar surface area (TPSA) is 61.6 Å². The number of fused-ring (bicyclic) bond motifs is 1. The summed E-state index contributed by atoms with van der Waals surface area (Å²) in [4.78, 5) is 21.2. The molecular formula is C20H21ClN4O2. The highest BCUT2D eigenvalue weighted by Crippen LogP contribution is 2.20. The van der Waals surface area contributed by atoms with E-state index in [1.54, 1.807) is 12.1 Å². The molecule has 1 aliphatic heterocycles. The predicted molar refractivity (Wildman–Crippen MR) is 106 cm³/mol. The lowest BCUT2D eigenvalue weighted by atomic mass is 10.3. The molecule has 0 unspecified atom stereocenters. The maximum Gasteiger partial charge on any atom is 0.238 e. The Balaban J connectivity index is 1.26. The van der Waals surface area contributed by atoms with Gasteiger partial charge in [-0.15, -0.1) is 0 Å². The summed E-state index contributed by atoms with van der Waals surface area (Å²) < 4.78 is 5.80. The molecule has 1 fully saturated rings. The summed E-state index contributed by atoms with van der Waals surface area (Å²) in [6, 6.07) is 15.1. The molecule has 140 valence electrons. The number of aromatic nitrogens is 1. The fraction of sp³-hybridized carbons (Fsp3) is 0.300. The van der Waals surface area contributed by atoms with Gasteiger partial charge in [-0.2, -0.15) is 0 Å². The van der Waals surface area contributed by atoms with Crippen molar-refractivity contribution in [3.8, 4) is 0 Å². The minimum atomic E-state index is -0.0458. The highest BCUT2D eigenvalue weighted by Gasteiger charge is 2.20. The fourth-order valence-corrected chi connectivity index (χ4v) is 3.42. The normalized spacial score (nSPS) is 15.9. The molecule has 3 aromatic rings. The summed E-state index contributed by atoms with van der Waals surface area (Å²) in [6.07, 6.45) is 0. The fourth-order valence-electron chi connectivity index (χ4n) is 3.24. The van der Waals surface area contributed by atoms with E-state index in [4.69, 9.17) is 16.0 Å². The number of piperazine rings is 1. The molecule has 4 rings (SSSR count). The lowest BCUT2D eigenvalue weighted by Gasteiger charge is -2.33. The summed E-state index contributed by atoms with van der Waals surface area (Å²) in [5.41, 5.74) is 2.36. The van der Waals surface area contributed by atoms with E-state index in [9.17, 15) is 4.79 Å². The molecule has 6 nitrogen and oxygen atoms in total. The van der Waals surface area contributed by atoms with Gasteiger partial charge in [-0.3, -0.25) is 14.6 Å². The molecular weight excluding hydrogens is 364 g/mol. The molecule has 1 amide bonds. The van der Waals surface area contributed by atoms with Crippen LogP contribution >= 0.6 is 11.6 Å². The number of oxazole rings is 1. The van der Waals surface area contributed by atoms with Crippen LogP contribution in [0.25, 0.3) is 11.1 Å². The van der Waals surface area contributed by atoms with Crippen LogP contribution in [0.4, 0.5) is 5.69 Å². The number of anilines is 1. The number of halogens is 1. The predicted octanol–water partition coefficient (Wildman–Crippen LogP) is 3.24. The van der Waals surface area contributed by atoms with Crippen LogP contribution in [-0.2, 0) is 11.3 Å². The summed E-state index contributed by atoms with van der Waals surface area (Å²) in [5, 5.41) is 3.42. The minimum absolute atomic E-state index is 0.0458. The molecule has 0 spiro atoms. The van der Waals surface area contributed by atoms with E-state index >= 15 is 0 Å². The second-order valence-electron chi connectivity index (χ2n) is 6.66. The second-order valence-corrected chi connectivity index (χ2v) is 7.06. The number of benzene rings is 2. The molecule has 0 bridgehead atoms. The Kier molecular flexibility index (Phi) is 5.38. The molecule has 0 aliphatic carbocycles. The molecule has 1 aliphatic rings. The summed E-state index contributed by atoms with van der Waals surface area (Å²) in [6.45, 7) is 4.46. The van der Waals surface area contributed by atoms with Crippen LogP contribution in [0.2, 0.25) is 5.02 Å². The third-order valence-corrected chi connectivity index (χ3v) is 5.01. The SMILES string of the molecule is O=C(CN1CCN(Cc2nc3ccccc3o2)CC1)Nc1ccccc1Cl. The van der Waals surface area contributed by atoms with Crippen molar-refractivity contribution in [3.63, 3.8) is 0 Å². The molecule has 0 saturated carbocycles. The molecule has 1 saturated heterocycles. The van der Waals surface area contributed by atoms with Crippen LogP contribution in [0.1, 0.15) is 5.89 Å². The zero-order chi connectivity index (χ0) is 18.6. The molecule has 1 N–H and O–H groups in total. The molecule has 7 heteroatoms. The Bertz CT molecular complexity index is 901. The maximum atomic E-state index is 12.3. The Morgan fingerprint density at radius 2 is 1.74 bits per heavy atom. The average Bonchev–Trinajstić information content (AvgIpc) is 3.07. The van der Waals surface area contributed by atoms with Crippen LogP contribution in [0, 0.1) is 0 Å². The zero-order valence-electron chi connectivity index (χ0n) is 14.9. The van der Waals surface area contributed by atoms with Crippen molar-refractivity contribution in [2.45, 2.75) is 6.54 Å². The zero-order valence-corrected chi connectivity index (χ0v) is 15.7. The Labute approximate surface area is 162 Å². The van der Waals surface area contributed by atoms with Crippen LogP contribution in [0.15, 0.2) is 52.9 Å². The van der Waals surface area contributed by atoms with Gasteiger partial charge in [0.1, 0.15) is 5.52 Å². The van der Waals surface area contributed by atoms with E-state index in [0.29, 0.717) is 23.8 Å². The van der Waals surface area contributed by atoms with Gasteiger partial charge in [-0.1, -0.05) is 35.9 Å². The average molecular weight is 385 g/mol. The van der Waals surface area contributed by atoms with Gasteiger partial charge in [-0.25, -0.2) is 4.98 Å². The summed E-state index contributed by atoms with van der Waals surface area (Å²) in [7, 11) is 0. The number of nitrogens with zero attached hydrogens (tertiary/aromatic N) is 3. The molecule has 2 heterocycles. The summed E-state index contributed by atoms with van der Waals surface area (Å²) >= 11 is 6.09. The van der Waals surface area contributed by atoms with Crippen molar-refractivity contribution in [2.24, 2.45) is 0 Å². The Morgan fingerprint density at radius 3 is 2.52 bits per heavy atom. The van der Waals surface area contributed by atoms with Crippen molar-refractivity contribution in [3.05, 3.63) is 59.4 Å². The van der Waals surface area contributed by atoms with Gasteiger partial charge in [0.05, 0.1) is 23.8 Å². The van der Waals surface area contributed by atoms with Gasteiger partial charge in [0.25, 0.3) is 0 Å². The number of hydrogen-bond donors (Lipinski definition) is 1. The molecule has 0 atom stereocenters. The van der Waals surface area contributed by atoms with Gasteiger partial charge in [0, 0.05) is 26.2 Å². The van der Waals surface area contributed by atoms with Crippen molar-refractivity contribution in [1.82, 2.24) is 14.8 Å². The standard InChI is InChI=1S/C20H21ClN4O2/c21-15-5-1-2-6-16(15)22-19(26)13-24-9-11-25(12-10-24)14-20-23-17-7-3-4-8-18(17)27-20/h1-8H,9-14H2,(H,22,26). The van der Waals surface area contributed by atoms with E-state index in [1.807, 2.05) is 36.4 Å². The first-order valence-corrected chi connectivity index (χ1v) is 9.39. The number of carbonyl (C=O) groups is 1. The molecule has 0 radical (unpaired) electrons. The van der Waals surface area contributed by atoms with Crippen molar-refractivity contribution in [1.29, 1.82) is 0 Å². The van der Waals surface area contributed by atoms with Crippen molar-refractivity contribution >= 4 is 34.3 Å². The second kappa shape index (κ2) is 8.08. The van der Waals surface area contributed by atoms with Gasteiger partial charge in [0.2, 0.25) is 11.8 Å². The first-order chi connectivity index (χ1) is 13.2. The highest BCUT2D eigenvalue weighted by atomic mass is 35.5. The number of carbonyl (C=O) groups excluding carboxylic acids is 1. The van der Waals surface area contributed by atoms with Gasteiger partial charge >= 0.3 is 0 Å². The van der Waals surface area contributed by atoms with E-state index in [1.165, 1.54) is 0 Å². The largest absolute Gasteiger partial charge is 0.439 e. The van der Waals surface area contributed by atoms with Crippen molar-refractivity contribution in [2.75, 3.05) is 38.0 Å². The number of hydrogen-bond acceptors (Lipinski definition) is 5. The van der Waals surface area contributed by atoms with Crippen LogP contribution < -0.4 is 5.32 Å². The number of nitrogens with one attached hydrogen (secondary N) is 1. The third kappa shape index (κ3) is 4.47. The third-order valence-electron chi connectivity index (χ3n) is 4.68. The Morgan fingerprint density at radius 1 is 1.04 bits per heavy atom. The van der Waals surface area contributed by atoms with Crippen LogP contribution in [-0.4, -0.2) is 53.4 Å². The minimum Gasteiger partial charge on any atom is -0.439 e. The number of amides is 1. The quantitative estimate of drug-likeness (QED) is 0.731. The lowest BCUT2D eigenvalue weighted by Crippen LogP contribution is -2.48. The molecule has 27 heavy (non-hydrogen) atoms. The molecule has 2 aromatic carbocycles. The Hall–Kier alpha value is -2.41. The van der Waals surface area contributed by atoms with Crippen molar-refractivity contribution < 1.29 is 9.21 Å². The number of para-hydroxylation sites is 3. The van der Waals surface area contributed by atoms with Gasteiger partial charge < -0.3 is 9.73 Å². The lowest BCUT2D eigenvalue weighted by molar-refractivity contribution is -0.117. The first kappa shape index (κ1) is 18.0. The van der Waals surface area contributed by atoms with Crippen LogP contribution in [0.5, 0.6) is 0 Å². The monoisotopic (exact) mass is 384 g/mol.